The zero-order valence-electron chi connectivity index (χ0n) is 9.87. The minimum atomic E-state index is -0.265. The molecular weight excluding hydrogens is 204 g/mol. The maximum absolute atomic E-state index is 11.2. The number of phenolic OH excluding ortho intramolecular Hbond substituents is 1. The van der Waals surface area contributed by atoms with Crippen molar-refractivity contribution in [3.05, 3.63) is 23.8 Å². The fraction of sp³-hybridized carbons (Fsp3) is 0.417. The third-order valence-electron chi connectivity index (χ3n) is 2.25. The molecule has 4 nitrogen and oxygen atoms in total. The van der Waals surface area contributed by atoms with Gasteiger partial charge in [0.05, 0.1) is 0 Å². The molecule has 1 aromatic rings. The molecule has 1 aromatic carbocycles. The smallest absolute Gasteiger partial charge is 0.319 e. The molecule has 16 heavy (non-hydrogen) atoms. The number of benzene rings is 1. The highest BCUT2D eigenvalue weighted by atomic mass is 16.3. The van der Waals surface area contributed by atoms with E-state index in [1.807, 2.05) is 26.8 Å². The van der Waals surface area contributed by atoms with Gasteiger partial charge >= 0.3 is 6.03 Å². The summed E-state index contributed by atoms with van der Waals surface area (Å²) in [5.41, 5.74) is 1.47. The maximum atomic E-state index is 11.2. The van der Waals surface area contributed by atoms with Gasteiger partial charge in [-0.2, -0.15) is 0 Å². The van der Waals surface area contributed by atoms with Crippen molar-refractivity contribution in [2.24, 2.45) is 0 Å². The summed E-state index contributed by atoms with van der Waals surface area (Å²) >= 11 is 0. The molecule has 0 atom stereocenters. The van der Waals surface area contributed by atoms with E-state index in [9.17, 15) is 9.90 Å². The predicted molar refractivity (Wildman–Crippen MR) is 64.9 cm³/mol. The molecule has 0 unspecified atom stereocenters. The highest BCUT2D eigenvalue weighted by Crippen LogP contribution is 2.27. The van der Waals surface area contributed by atoms with Crippen molar-refractivity contribution in [1.29, 1.82) is 0 Å². The van der Waals surface area contributed by atoms with E-state index >= 15 is 0 Å². The number of amides is 2. The van der Waals surface area contributed by atoms with Crippen LogP contribution in [0.2, 0.25) is 0 Å². The lowest BCUT2D eigenvalue weighted by Crippen LogP contribution is -2.28. The van der Waals surface area contributed by atoms with Crippen molar-refractivity contribution in [3.8, 4) is 5.75 Å². The summed E-state index contributed by atoms with van der Waals surface area (Å²) in [5.74, 6) is 0.475. The fourth-order valence-electron chi connectivity index (χ4n) is 1.45. The van der Waals surface area contributed by atoms with E-state index in [1.54, 1.807) is 12.1 Å². The molecule has 1 rings (SSSR count). The fourth-order valence-corrected chi connectivity index (χ4v) is 1.45. The summed E-state index contributed by atoms with van der Waals surface area (Å²) in [6.45, 7) is 6.43. The first kappa shape index (κ1) is 12.4. The second-order valence-electron chi connectivity index (χ2n) is 3.91. The van der Waals surface area contributed by atoms with Crippen LogP contribution in [0.15, 0.2) is 18.2 Å². The van der Waals surface area contributed by atoms with E-state index in [2.05, 4.69) is 10.6 Å². The average molecular weight is 222 g/mol. The summed E-state index contributed by atoms with van der Waals surface area (Å²) in [4.78, 5) is 11.2. The Balaban J connectivity index is 2.77. The molecule has 88 valence electrons. The normalized spacial score (nSPS) is 10.2. The monoisotopic (exact) mass is 222 g/mol. The van der Waals surface area contributed by atoms with Gasteiger partial charge in [-0.05, 0) is 24.5 Å². The molecule has 4 heteroatoms. The Kier molecular flexibility index (Phi) is 4.17. The molecule has 0 heterocycles. The van der Waals surface area contributed by atoms with E-state index in [-0.39, 0.29) is 17.7 Å². The molecule has 0 saturated heterocycles. The van der Waals surface area contributed by atoms with E-state index in [0.717, 1.165) is 5.56 Å². The van der Waals surface area contributed by atoms with E-state index in [0.29, 0.717) is 12.2 Å². The molecule has 0 aliphatic rings. The Morgan fingerprint density at radius 1 is 1.44 bits per heavy atom. The summed E-state index contributed by atoms with van der Waals surface area (Å²) in [6.07, 6.45) is 0. The lowest BCUT2D eigenvalue weighted by atomic mass is 10.0. The number of phenols is 1. The Morgan fingerprint density at radius 3 is 2.62 bits per heavy atom. The van der Waals surface area contributed by atoms with Crippen LogP contribution in [0.5, 0.6) is 5.75 Å². The molecule has 0 aliphatic carbocycles. The topological polar surface area (TPSA) is 61.4 Å². The number of carbonyl (C=O) groups is 1. The minimum Gasteiger partial charge on any atom is -0.508 e. The SMILES string of the molecule is CCNC(=O)Nc1ccc(C(C)C)c(O)c1. The van der Waals surface area contributed by atoms with Gasteiger partial charge in [-0.15, -0.1) is 0 Å². The number of urea groups is 1. The highest BCUT2D eigenvalue weighted by molar-refractivity contribution is 5.89. The number of rotatable bonds is 3. The first-order valence-corrected chi connectivity index (χ1v) is 5.42. The number of aromatic hydroxyl groups is 1. The lowest BCUT2D eigenvalue weighted by Gasteiger charge is -2.11. The van der Waals surface area contributed by atoms with Crippen LogP contribution in [-0.4, -0.2) is 17.7 Å². The molecule has 0 radical (unpaired) electrons. The quantitative estimate of drug-likeness (QED) is 0.736. The van der Waals surface area contributed by atoms with Crippen molar-refractivity contribution in [2.75, 3.05) is 11.9 Å². The Bertz CT molecular complexity index is 375. The largest absolute Gasteiger partial charge is 0.508 e. The molecule has 2 amide bonds. The van der Waals surface area contributed by atoms with Crippen molar-refractivity contribution in [2.45, 2.75) is 26.7 Å². The predicted octanol–water partition coefficient (Wildman–Crippen LogP) is 2.66. The second kappa shape index (κ2) is 5.39. The Labute approximate surface area is 95.7 Å². The van der Waals surface area contributed by atoms with Crippen molar-refractivity contribution in [3.63, 3.8) is 0 Å². The van der Waals surface area contributed by atoms with Crippen LogP contribution in [0.25, 0.3) is 0 Å². The number of hydrogen-bond acceptors (Lipinski definition) is 2. The van der Waals surface area contributed by atoms with Crippen LogP contribution in [0.1, 0.15) is 32.3 Å². The zero-order chi connectivity index (χ0) is 12.1. The van der Waals surface area contributed by atoms with Gasteiger partial charge in [-0.25, -0.2) is 4.79 Å². The second-order valence-corrected chi connectivity index (χ2v) is 3.91. The minimum absolute atomic E-state index is 0.212. The third-order valence-corrected chi connectivity index (χ3v) is 2.25. The standard InChI is InChI=1S/C12H18N2O2/c1-4-13-12(16)14-9-5-6-10(8(2)3)11(15)7-9/h5-8,15H,4H2,1-3H3,(H2,13,14,16). The van der Waals surface area contributed by atoms with E-state index in [4.69, 9.17) is 0 Å². The summed E-state index contributed by atoms with van der Waals surface area (Å²) in [7, 11) is 0. The van der Waals surface area contributed by atoms with Crippen molar-refractivity contribution >= 4 is 11.7 Å². The Morgan fingerprint density at radius 2 is 2.12 bits per heavy atom. The molecule has 0 spiro atoms. The van der Waals surface area contributed by atoms with Gasteiger partial charge in [-0.1, -0.05) is 19.9 Å². The van der Waals surface area contributed by atoms with Crippen LogP contribution in [0.4, 0.5) is 10.5 Å². The number of anilines is 1. The summed E-state index contributed by atoms with van der Waals surface area (Å²) < 4.78 is 0. The molecule has 0 fully saturated rings. The number of nitrogens with one attached hydrogen (secondary N) is 2. The summed E-state index contributed by atoms with van der Waals surface area (Å²) in [6, 6.07) is 4.90. The Hall–Kier alpha value is -1.71. The van der Waals surface area contributed by atoms with Gasteiger partial charge in [0.1, 0.15) is 5.75 Å². The van der Waals surface area contributed by atoms with Gasteiger partial charge in [-0.3, -0.25) is 0 Å². The van der Waals surface area contributed by atoms with Crippen LogP contribution < -0.4 is 10.6 Å². The number of hydrogen-bond donors (Lipinski definition) is 3. The molecule has 0 bridgehead atoms. The van der Waals surface area contributed by atoms with Crippen molar-refractivity contribution in [1.82, 2.24) is 5.32 Å². The summed E-state index contributed by atoms with van der Waals surface area (Å²) in [5, 5.41) is 15.0. The number of carbonyl (C=O) groups excluding carboxylic acids is 1. The van der Waals surface area contributed by atoms with Crippen LogP contribution >= 0.6 is 0 Å². The van der Waals surface area contributed by atoms with Crippen LogP contribution in [0.3, 0.4) is 0 Å². The maximum Gasteiger partial charge on any atom is 0.319 e. The van der Waals surface area contributed by atoms with Gasteiger partial charge in [0.2, 0.25) is 0 Å². The first-order valence-electron chi connectivity index (χ1n) is 5.42. The molecule has 0 aliphatic heterocycles. The van der Waals surface area contributed by atoms with Crippen LogP contribution in [-0.2, 0) is 0 Å². The highest BCUT2D eigenvalue weighted by Gasteiger charge is 2.07. The van der Waals surface area contributed by atoms with Gasteiger partial charge in [0, 0.05) is 18.3 Å². The molecule has 0 aromatic heterocycles. The van der Waals surface area contributed by atoms with Gasteiger partial charge in [0.25, 0.3) is 0 Å². The lowest BCUT2D eigenvalue weighted by molar-refractivity contribution is 0.252. The molecule has 3 N–H and O–H groups in total. The van der Waals surface area contributed by atoms with E-state index in [1.165, 1.54) is 0 Å². The molecular formula is C12H18N2O2. The van der Waals surface area contributed by atoms with Gasteiger partial charge < -0.3 is 15.7 Å². The van der Waals surface area contributed by atoms with Gasteiger partial charge in [0.15, 0.2) is 0 Å². The molecule has 0 saturated carbocycles. The third kappa shape index (κ3) is 3.15. The van der Waals surface area contributed by atoms with Crippen LogP contribution in [0, 0.1) is 0 Å². The zero-order valence-corrected chi connectivity index (χ0v) is 9.87. The average Bonchev–Trinajstić information content (AvgIpc) is 2.17. The first-order chi connectivity index (χ1) is 7.54. The van der Waals surface area contributed by atoms with Crippen molar-refractivity contribution < 1.29 is 9.90 Å². The van der Waals surface area contributed by atoms with E-state index < -0.39 is 0 Å².